The van der Waals surface area contributed by atoms with Crippen molar-refractivity contribution in [2.24, 2.45) is 5.92 Å². The fourth-order valence-electron chi connectivity index (χ4n) is 2.29. The standard InChI is InChI=1S/C14H30N2O/c1-5-8-15-13(11-17-4)10-16(9-12(2)3)14-6-7-14/h12-15H,5-11H2,1-4H3. The molecule has 0 amide bonds. The first-order valence-electron chi connectivity index (χ1n) is 7.13. The van der Waals surface area contributed by atoms with E-state index in [1.807, 2.05) is 0 Å². The van der Waals surface area contributed by atoms with Gasteiger partial charge in [-0.3, -0.25) is 4.90 Å². The van der Waals surface area contributed by atoms with E-state index >= 15 is 0 Å². The summed E-state index contributed by atoms with van der Waals surface area (Å²) < 4.78 is 5.32. The van der Waals surface area contributed by atoms with Gasteiger partial charge in [-0.2, -0.15) is 0 Å². The zero-order valence-electron chi connectivity index (χ0n) is 12.0. The fraction of sp³-hybridized carbons (Fsp3) is 1.00. The molecule has 0 spiro atoms. The zero-order valence-corrected chi connectivity index (χ0v) is 12.0. The Hall–Kier alpha value is -0.120. The van der Waals surface area contributed by atoms with Crippen molar-refractivity contribution in [1.82, 2.24) is 10.2 Å². The minimum atomic E-state index is 0.485. The molecule has 0 aromatic rings. The first-order valence-corrected chi connectivity index (χ1v) is 7.13. The lowest BCUT2D eigenvalue weighted by atomic mass is 10.2. The lowest BCUT2D eigenvalue weighted by Crippen LogP contribution is -2.46. The molecule has 0 heterocycles. The highest BCUT2D eigenvalue weighted by atomic mass is 16.5. The van der Waals surface area contributed by atoms with Crippen molar-refractivity contribution in [2.45, 2.75) is 52.1 Å². The van der Waals surface area contributed by atoms with Gasteiger partial charge in [-0.25, -0.2) is 0 Å². The molecule has 1 rings (SSSR count). The highest BCUT2D eigenvalue weighted by molar-refractivity contribution is 4.87. The maximum absolute atomic E-state index is 5.32. The van der Waals surface area contributed by atoms with E-state index in [1.54, 1.807) is 7.11 Å². The zero-order chi connectivity index (χ0) is 12.7. The van der Waals surface area contributed by atoms with Crippen LogP contribution in [0.5, 0.6) is 0 Å². The van der Waals surface area contributed by atoms with E-state index in [2.05, 4.69) is 31.0 Å². The third kappa shape index (κ3) is 6.39. The smallest absolute Gasteiger partial charge is 0.0628 e. The summed E-state index contributed by atoms with van der Waals surface area (Å²) >= 11 is 0. The van der Waals surface area contributed by atoms with E-state index in [9.17, 15) is 0 Å². The number of rotatable bonds is 10. The van der Waals surface area contributed by atoms with Crippen LogP contribution in [0.25, 0.3) is 0 Å². The molecule has 0 bridgehead atoms. The van der Waals surface area contributed by atoms with Gasteiger partial charge >= 0.3 is 0 Å². The second-order valence-electron chi connectivity index (χ2n) is 5.69. The van der Waals surface area contributed by atoms with Gasteiger partial charge in [0.2, 0.25) is 0 Å². The molecule has 0 aromatic heterocycles. The summed E-state index contributed by atoms with van der Waals surface area (Å²) in [5.41, 5.74) is 0. The SMILES string of the molecule is CCCNC(COC)CN(CC(C)C)C1CC1. The van der Waals surface area contributed by atoms with Gasteiger partial charge in [-0.15, -0.1) is 0 Å². The van der Waals surface area contributed by atoms with Crippen LogP contribution in [0.2, 0.25) is 0 Å². The average molecular weight is 242 g/mol. The number of methoxy groups -OCH3 is 1. The summed E-state index contributed by atoms with van der Waals surface area (Å²) in [6, 6.07) is 1.33. The van der Waals surface area contributed by atoms with E-state index in [0.29, 0.717) is 6.04 Å². The normalized spacial score (nSPS) is 18.0. The van der Waals surface area contributed by atoms with Gasteiger partial charge < -0.3 is 10.1 Å². The minimum absolute atomic E-state index is 0.485. The number of hydrogen-bond acceptors (Lipinski definition) is 3. The Balaban J connectivity index is 2.37. The molecule has 1 fully saturated rings. The van der Waals surface area contributed by atoms with Crippen LogP contribution in [0.3, 0.4) is 0 Å². The molecule has 1 saturated carbocycles. The van der Waals surface area contributed by atoms with E-state index in [0.717, 1.165) is 31.7 Å². The van der Waals surface area contributed by atoms with Crippen LogP contribution in [0.15, 0.2) is 0 Å². The Labute approximate surface area is 107 Å². The van der Waals surface area contributed by atoms with Gasteiger partial charge in [-0.05, 0) is 31.7 Å². The van der Waals surface area contributed by atoms with E-state index in [1.165, 1.54) is 25.8 Å². The van der Waals surface area contributed by atoms with Crippen LogP contribution in [-0.4, -0.2) is 50.3 Å². The summed E-state index contributed by atoms with van der Waals surface area (Å²) in [4.78, 5) is 2.65. The van der Waals surface area contributed by atoms with Crippen LogP contribution in [0.4, 0.5) is 0 Å². The first-order chi connectivity index (χ1) is 8.17. The minimum Gasteiger partial charge on any atom is -0.383 e. The van der Waals surface area contributed by atoms with Gasteiger partial charge in [-0.1, -0.05) is 20.8 Å². The van der Waals surface area contributed by atoms with E-state index < -0.39 is 0 Å². The molecule has 3 nitrogen and oxygen atoms in total. The van der Waals surface area contributed by atoms with Crippen LogP contribution in [0, 0.1) is 5.92 Å². The van der Waals surface area contributed by atoms with Crippen molar-refractivity contribution < 1.29 is 4.74 Å². The average Bonchev–Trinajstić information content (AvgIpc) is 3.08. The Kier molecular flexibility index (Phi) is 7.09. The van der Waals surface area contributed by atoms with Crippen molar-refractivity contribution >= 4 is 0 Å². The molecule has 1 atom stereocenters. The Bertz CT molecular complexity index is 193. The monoisotopic (exact) mass is 242 g/mol. The fourth-order valence-corrected chi connectivity index (χ4v) is 2.29. The first kappa shape index (κ1) is 14.9. The quantitative estimate of drug-likeness (QED) is 0.635. The summed E-state index contributed by atoms with van der Waals surface area (Å²) in [6.45, 7) is 11.1. The Morgan fingerprint density at radius 1 is 1.29 bits per heavy atom. The third-order valence-electron chi connectivity index (χ3n) is 3.17. The maximum atomic E-state index is 5.32. The van der Waals surface area contributed by atoms with Crippen molar-refractivity contribution in [2.75, 3.05) is 33.4 Å². The lowest BCUT2D eigenvalue weighted by Gasteiger charge is -2.29. The molecule has 0 saturated heterocycles. The number of ether oxygens (including phenoxy) is 1. The largest absolute Gasteiger partial charge is 0.383 e. The van der Waals surface area contributed by atoms with E-state index in [-0.39, 0.29) is 0 Å². The predicted octanol–water partition coefficient (Wildman–Crippen LogP) is 2.12. The molecule has 1 aliphatic rings. The molecule has 102 valence electrons. The van der Waals surface area contributed by atoms with Crippen LogP contribution >= 0.6 is 0 Å². The van der Waals surface area contributed by atoms with Gasteiger partial charge in [0.05, 0.1) is 6.61 Å². The topological polar surface area (TPSA) is 24.5 Å². The van der Waals surface area contributed by atoms with Crippen LogP contribution in [0.1, 0.15) is 40.0 Å². The highest BCUT2D eigenvalue weighted by Crippen LogP contribution is 2.27. The van der Waals surface area contributed by atoms with Gasteiger partial charge in [0.1, 0.15) is 0 Å². The van der Waals surface area contributed by atoms with Crippen LogP contribution in [-0.2, 0) is 4.74 Å². The summed E-state index contributed by atoms with van der Waals surface area (Å²) in [5.74, 6) is 0.755. The van der Waals surface area contributed by atoms with Crippen molar-refractivity contribution in [3.05, 3.63) is 0 Å². The van der Waals surface area contributed by atoms with Gasteiger partial charge in [0.25, 0.3) is 0 Å². The molecule has 17 heavy (non-hydrogen) atoms. The van der Waals surface area contributed by atoms with Gasteiger partial charge in [0.15, 0.2) is 0 Å². The van der Waals surface area contributed by atoms with E-state index in [4.69, 9.17) is 4.74 Å². The molecular weight excluding hydrogens is 212 g/mol. The molecule has 3 heteroatoms. The summed E-state index contributed by atoms with van der Waals surface area (Å²) in [6.07, 6.45) is 3.97. The van der Waals surface area contributed by atoms with Gasteiger partial charge in [0, 0.05) is 32.3 Å². The molecular formula is C14H30N2O. The highest BCUT2D eigenvalue weighted by Gasteiger charge is 2.30. The molecule has 0 aliphatic heterocycles. The van der Waals surface area contributed by atoms with Crippen LogP contribution < -0.4 is 5.32 Å². The molecule has 1 unspecified atom stereocenters. The second-order valence-corrected chi connectivity index (χ2v) is 5.69. The number of nitrogens with one attached hydrogen (secondary N) is 1. The third-order valence-corrected chi connectivity index (χ3v) is 3.17. The Morgan fingerprint density at radius 2 is 2.00 bits per heavy atom. The second kappa shape index (κ2) is 8.06. The molecule has 1 N–H and O–H groups in total. The Morgan fingerprint density at radius 3 is 2.47 bits per heavy atom. The summed E-state index contributed by atoms with van der Waals surface area (Å²) in [5, 5.41) is 3.59. The number of nitrogens with zero attached hydrogens (tertiary/aromatic N) is 1. The maximum Gasteiger partial charge on any atom is 0.0628 e. The van der Waals surface area contributed by atoms with Crippen molar-refractivity contribution in [3.63, 3.8) is 0 Å². The predicted molar refractivity (Wildman–Crippen MR) is 73.4 cm³/mol. The number of hydrogen-bond donors (Lipinski definition) is 1. The summed E-state index contributed by atoms with van der Waals surface area (Å²) in [7, 11) is 1.80. The van der Waals surface area contributed by atoms with Crippen molar-refractivity contribution in [3.8, 4) is 0 Å². The van der Waals surface area contributed by atoms with Crippen molar-refractivity contribution in [1.29, 1.82) is 0 Å². The molecule has 0 aromatic carbocycles. The molecule has 0 radical (unpaired) electrons. The molecule has 1 aliphatic carbocycles. The lowest BCUT2D eigenvalue weighted by molar-refractivity contribution is 0.129.